The van der Waals surface area contributed by atoms with Crippen LogP contribution in [0.25, 0.3) is 0 Å². The lowest BCUT2D eigenvalue weighted by Gasteiger charge is -2.50. The zero-order valence-electron chi connectivity index (χ0n) is 17.2. The van der Waals surface area contributed by atoms with Gasteiger partial charge in [-0.05, 0) is 33.2 Å². The van der Waals surface area contributed by atoms with Gasteiger partial charge in [0.2, 0.25) is 5.91 Å². The zero-order valence-corrected chi connectivity index (χ0v) is 17.2. The molecule has 1 aromatic heterocycles. The van der Waals surface area contributed by atoms with E-state index in [1.54, 1.807) is 7.11 Å². The third-order valence-corrected chi connectivity index (χ3v) is 6.21. The molecule has 2 fully saturated rings. The van der Waals surface area contributed by atoms with E-state index in [0.717, 1.165) is 57.1 Å². The highest BCUT2D eigenvalue weighted by Crippen LogP contribution is 2.34. The lowest BCUT2D eigenvalue weighted by molar-refractivity contribution is -0.131. The van der Waals surface area contributed by atoms with Gasteiger partial charge in [-0.15, -0.1) is 0 Å². The van der Waals surface area contributed by atoms with Gasteiger partial charge in [-0.1, -0.05) is 6.92 Å². The van der Waals surface area contributed by atoms with E-state index in [9.17, 15) is 4.79 Å². The number of methoxy groups -OCH3 is 1. The van der Waals surface area contributed by atoms with Gasteiger partial charge in [0, 0.05) is 63.6 Å². The van der Waals surface area contributed by atoms with Crippen LogP contribution in [-0.4, -0.2) is 84.7 Å². The predicted molar refractivity (Wildman–Crippen MR) is 106 cm³/mol. The molecule has 0 aromatic carbocycles. The highest BCUT2D eigenvalue weighted by atomic mass is 16.5. The second kappa shape index (κ2) is 8.52. The van der Waals surface area contributed by atoms with Gasteiger partial charge in [-0.2, -0.15) is 0 Å². The molecular formula is C20H33N5O2. The number of likely N-dealkylation sites (N-methyl/N-ethyl adjacent to an activating group) is 1. The van der Waals surface area contributed by atoms with Gasteiger partial charge in [0.05, 0.1) is 6.61 Å². The fraction of sp³-hybridized carbons (Fsp3) is 0.750. The Morgan fingerprint density at radius 1 is 1.26 bits per heavy atom. The third-order valence-electron chi connectivity index (χ3n) is 6.21. The topological polar surface area (TPSA) is 61.8 Å². The molecule has 1 aromatic rings. The number of aryl methyl sites for hydroxylation is 2. The number of aromatic nitrogens is 2. The van der Waals surface area contributed by atoms with Crippen LogP contribution in [0, 0.1) is 6.92 Å². The Balaban J connectivity index is 1.81. The summed E-state index contributed by atoms with van der Waals surface area (Å²) in [5.41, 5.74) is 1.21. The van der Waals surface area contributed by atoms with Crippen LogP contribution in [0.15, 0.2) is 6.20 Å². The van der Waals surface area contributed by atoms with Gasteiger partial charge in [-0.3, -0.25) is 9.69 Å². The van der Waals surface area contributed by atoms with E-state index in [-0.39, 0.29) is 11.4 Å². The summed E-state index contributed by atoms with van der Waals surface area (Å²) < 4.78 is 5.18. The lowest BCUT2D eigenvalue weighted by Crippen LogP contribution is -2.61. The van der Waals surface area contributed by atoms with Crippen molar-refractivity contribution in [3.63, 3.8) is 0 Å². The Hall–Kier alpha value is -1.73. The maximum Gasteiger partial charge on any atom is 0.222 e. The van der Waals surface area contributed by atoms with Crippen molar-refractivity contribution in [1.82, 2.24) is 19.8 Å². The summed E-state index contributed by atoms with van der Waals surface area (Å²) in [6, 6.07) is 0. The second-order valence-electron chi connectivity index (χ2n) is 7.81. The molecule has 3 rings (SSSR count). The van der Waals surface area contributed by atoms with Crippen LogP contribution in [0.2, 0.25) is 0 Å². The van der Waals surface area contributed by atoms with E-state index >= 15 is 0 Å². The normalized spacial score (nSPS) is 24.5. The predicted octanol–water partition coefficient (Wildman–Crippen LogP) is 1.50. The van der Waals surface area contributed by atoms with Gasteiger partial charge in [0.1, 0.15) is 11.6 Å². The number of amides is 1. The highest BCUT2D eigenvalue weighted by molar-refractivity contribution is 5.76. The summed E-state index contributed by atoms with van der Waals surface area (Å²) in [7, 11) is 3.89. The van der Waals surface area contributed by atoms with Gasteiger partial charge < -0.3 is 14.5 Å². The molecule has 1 atom stereocenters. The molecule has 150 valence electrons. The van der Waals surface area contributed by atoms with Gasteiger partial charge in [0.25, 0.3) is 0 Å². The monoisotopic (exact) mass is 375 g/mol. The van der Waals surface area contributed by atoms with Crippen molar-refractivity contribution in [3.8, 4) is 0 Å². The van der Waals surface area contributed by atoms with Gasteiger partial charge >= 0.3 is 0 Å². The Morgan fingerprint density at radius 2 is 2.07 bits per heavy atom. The van der Waals surface area contributed by atoms with E-state index < -0.39 is 0 Å². The summed E-state index contributed by atoms with van der Waals surface area (Å²) in [6.45, 7) is 9.04. The molecule has 2 saturated heterocycles. The number of carbonyl (C=O) groups is 1. The Labute approximate surface area is 162 Å². The number of ether oxygens (including phenoxy) is 1. The Kier molecular flexibility index (Phi) is 6.32. The first kappa shape index (κ1) is 20.0. The number of hydrogen-bond acceptors (Lipinski definition) is 6. The van der Waals surface area contributed by atoms with Crippen LogP contribution in [0.4, 0.5) is 5.82 Å². The quantitative estimate of drug-likeness (QED) is 0.777. The molecule has 0 bridgehead atoms. The number of piperazine rings is 1. The van der Waals surface area contributed by atoms with Crippen molar-refractivity contribution in [2.75, 3.05) is 58.4 Å². The molecule has 0 saturated carbocycles. The summed E-state index contributed by atoms with van der Waals surface area (Å²) in [5.74, 6) is 2.14. The number of rotatable bonds is 5. The average molecular weight is 376 g/mol. The number of likely N-dealkylation sites (tertiary alicyclic amines) is 1. The second-order valence-corrected chi connectivity index (χ2v) is 7.81. The summed E-state index contributed by atoms with van der Waals surface area (Å²) >= 11 is 0. The minimum Gasteiger partial charge on any atom is -0.383 e. The summed E-state index contributed by atoms with van der Waals surface area (Å²) in [6.07, 6.45) is 5.38. The molecule has 27 heavy (non-hydrogen) atoms. The molecule has 2 aliphatic rings. The molecule has 1 spiro atoms. The molecular weight excluding hydrogens is 342 g/mol. The largest absolute Gasteiger partial charge is 0.383 e. The van der Waals surface area contributed by atoms with Crippen molar-refractivity contribution in [1.29, 1.82) is 0 Å². The average Bonchev–Trinajstić information content (AvgIpc) is 2.82. The standard InChI is InChI=1S/C20H33N5O2/c1-5-17-14-21-16(2)22-19(17)25-11-10-23(3)20(15-25)7-6-18(26)24(9-8-20)12-13-27-4/h14H,5-13,15H2,1-4H3/t20-/m0/s1. The van der Waals surface area contributed by atoms with Crippen LogP contribution in [0.3, 0.4) is 0 Å². The van der Waals surface area contributed by atoms with E-state index in [4.69, 9.17) is 9.72 Å². The number of hydrogen-bond donors (Lipinski definition) is 0. The SMILES string of the molecule is CCc1cnc(C)nc1N1CCN(C)[C@]2(CCC(=O)N(CCOC)CC2)C1. The minimum atomic E-state index is 0.0135. The van der Waals surface area contributed by atoms with Crippen molar-refractivity contribution in [2.45, 2.75) is 45.1 Å². The number of carbonyl (C=O) groups excluding carboxylic acids is 1. The molecule has 7 heteroatoms. The van der Waals surface area contributed by atoms with E-state index in [0.29, 0.717) is 19.6 Å². The van der Waals surface area contributed by atoms with E-state index in [1.807, 2.05) is 18.0 Å². The molecule has 2 aliphatic heterocycles. The van der Waals surface area contributed by atoms with Crippen LogP contribution >= 0.6 is 0 Å². The van der Waals surface area contributed by atoms with Crippen molar-refractivity contribution < 1.29 is 9.53 Å². The van der Waals surface area contributed by atoms with Gasteiger partial charge in [-0.25, -0.2) is 9.97 Å². The molecule has 3 heterocycles. The number of nitrogens with zero attached hydrogens (tertiary/aromatic N) is 5. The van der Waals surface area contributed by atoms with E-state index in [2.05, 4.69) is 28.8 Å². The molecule has 0 aliphatic carbocycles. The van der Waals surface area contributed by atoms with Crippen molar-refractivity contribution >= 4 is 11.7 Å². The maximum atomic E-state index is 12.6. The van der Waals surface area contributed by atoms with Crippen LogP contribution < -0.4 is 4.90 Å². The minimum absolute atomic E-state index is 0.0135. The zero-order chi connectivity index (χ0) is 19.4. The molecule has 0 unspecified atom stereocenters. The number of anilines is 1. The first-order valence-corrected chi connectivity index (χ1v) is 10.0. The van der Waals surface area contributed by atoms with Gasteiger partial charge in [0.15, 0.2) is 0 Å². The summed E-state index contributed by atoms with van der Waals surface area (Å²) in [4.78, 5) is 28.6. The molecule has 0 radical (unpaired) electrons. The van der Waals surface area contributed by atoms with E-state index in [1.165, 1.54) is 5.56 Å². The van der Waals surface area contributed by atoms with Crippen molar-refractivity contribution in [3.05, 3.63) is 17.6 Å². The smallest absolute Gasteiger partial charge is 0.222 e. The molecule has 1 amide bonds. The molecule has 0 N–H and O–H groups in total. The highest BCUT2D eigenvalue weighted by Gasteiger charge is 2.42. The maximum absolute atomic E-state index is 12.6. The first-order valence-electron chi connectivity index (χ1n) is 10.0. The molecule has 7 nitrogen and oxygen atoms in total. The van der Waals surface area contributed by atoms with Crippen molar-refractivity contribution in [2.24, 2.45) is 0 Å². The van der Waals surface area contributed by atoms with Crippen LogP contribution in [0.5, 0.6) is 0 Å². The Morgan fingerprint density at radius 3 is 2.81 bits per heavy atom. The third kappa shape index (κ3) is 4.24. The van der Waals surface area contributed by atoms with Crippen LogP contribution in [0.1, 0.15) is 37.6 Å². The fourth-order valence-corrected chi connectivity index (χ4v) is 4.32. The lowest BCUT2D eigenvalue weighted by atomic mass is 9.86. The first-order chi connectivity index (χ1) is 13.0. The van der Waals surface area contributed by atoms with Crippen LogP contribution in [-0.2, 0) is 16.0 Å². The Bertz CT molecular complexity index is 668. The summed E-state index contributed by atoms with van der Waals surface area (Å²) in [5, 5.41) is 0. The fourth-order valence-electron chi connectivity index (χ4n) is 4.32.